The Morgan fingerprint density at radius 3 is 3.22 bits per heavy atom. The van der Waals surface area contributed by atoms with Crippen LogP contribution in [0, 0.1) is 0 Å². The standard InChI is InChI=1S/C14H24N2O2/c1-2-10-16-13(8-9-15-16)14(17)7-3-5-12-6-4-11-18-12/h8-9,12,14,17H,2-7,10-11H2,1H3. The molecule has 0 spiro atoms. The molecule has 0 saturated carbocycles. The van der Waals surface area contributed by atoms with Gasteiger partial charge in [0, 0.05) is 19.3 Å². The van der Waals surface area contributed by atoms with Gasteiger partial charge in [-0.2, -0.15) is 5.10 Å². The molecule has 4 heteroatoms. The average Bonchev–Trinajstić information content (AvgIpc) is 3.00. The first-order valence-corrected chi connectivity index (χ1v) is 7.12. The van der Waals surface area contributed by atoms with Crippen LogP contribution >= 0.6 is 0 Å². The van der Waals surface area contributed by atoms with Crippen LogP contribution in [0.5, 0.6) is 0 Å². The van der Waals surface area contributed by atoms with Crippen LogP contribution in [0.4, 0.5) is 0 Å². The van der Waals surface area contributed by atoms with Crippen LogP contribution in [0.15, 0.2) is 12.3 Å². The monoisotopic (exact) mass is 252 g/mol. The van der Waals surface area contributed by atoms with Crippen molar-refractivity contribution in [2.45, 2.75) is 64.2 Å². The molecule has 1 aromatic heterocycles. The van der Waals surface area contributed by atoms with Crippen LogP contribution in [0.25, 0.3) is 0 Å². The SMILES string of the molecule is CCCn1nccc1C(O)CCCC1CCCO1. The summed E-state index contributed by atoms with van der Waals surface area (Å²) in [7, 11) is 0. The zero-order valence-electron chi connectivity index (χ0n) is 11.2. The van der Waals surface area contributed by atoms with Gasteiger partial charge in [-0.3, -0.25) is 4.68 Å². The lowest BCUT2D eigenvalue weighted by Gasteiger charge is -2.14. The average molecular weight is 252 g/mol. The van der Waals surface area contributed by atoms with E-state index in [1.807, 2.05) is 10.7 Å². The summed E-state index contributed by atoms with van der Waals surface area (Å²) < 4.78 is 7.50. The van der Waals surface area contributed by atoms with Crippen molar-refractivity contribution in [3.05, 3.63) is 18.0 Å². The van der Waals surface area contributed by atoms with E-state index in [1.165, 1.54) is 12.8 Å². The Bertz CT molecular complexity index is 345. The molecule has 0 radical (unpaired) electrons. The highest BCUT2D eigenvalue weighted by atomic mass is 16.5. The van der Waals surface area contributed by atoms with E-state index >= 15 is 0 Å². The molecule has 1 N–H and O–H groups in total. The predicted molar refractivity (Wildman–Crippen MR) is 70.3 cm³/mol. The van der Waals surface area contributed by atoms with Crippen LogP contribution in [0.3, 0.4) is 0 Å². The largest absolute Gasteiger partial charge is 0.387 e. The molecule has 4 nitrogen and oxygen atoms in total. The molecule has 0 aliphatic carbocycles. The number of aryl methyl sites for hydroxylation is 1. The van der Waals surface area contributed by atoms with E-state index in [1.54, 1.807) is 6.20 Å². The molecule has 1 aliphatic heterocycles. The number of aromatic nitrogens is 2. The molecule has 1 saturated heterocycles. The number of hydrogen-bond acceptors (Lipinski definition) is 3. The van der Waals surface area contributed by atoms with Crippen molar-refractivity contribution in [2.24, 2.45) is 0 Å². The summed E-state index contributed by atoms with van der Waals surface area (Å²) in [6, 6.07) is 1.92. The van der Waals surface area contributed by atoms with Crippen LogP contribution < -0.4 is 0 Å². The lowest BCUT2D eigenvalue weighted by atomic mass is 10.1. The molecule has 0 bridgehead atoms. The lowest BCUT2D eigenvalue weighted by Crippen LogP contribution is -2.10. The fourth-order valence-corrected chi connectivity index (χ4v) is 2.58. The summed E-state index contributed by atoms with van der Waals surface area (Å²) in [5.41, 5.74) is 0.948. The second-order valence-corrected chi connectivity index (χ2v) is 5.06. The maximum atomic E-state index is 10.2. The van der Waals surface area contributed by atoms with Crippen LogP contribution in [-0.2, 0) is 11.3 Å². The van der Waals surface area contributed by atoms with Gasteiger partial charge in [0.05, 0.1) is 17.9 Å². The molecule has 2 heterocycles. The maximum absolute atomic E-state index is 10.2. The zero-order valence-corrected chi connectivity index (χ0v) is 11.2. The minimum absolute atomic E-state index is 0.388. The van der Waals surface area contributed by atoms with Crippen molar-refractivity contribution in [1.29, 1.82) is 0 Å². The zero-order chi connectivity index (χ0) is 12.8. The molecule has 2 unspecified atom stereocenters. The third-order valence-electron chi connectivity index (χ3n) is 3.55. The number of hydrogen-bond donors (Lipinski definition) is 1. The van der Waals surface area contributed by atoms with E-state index in [9.17, 15) is 5.11 Å². The van der Waals surface area contributed by atoms with Crippen LogP contribution in [0.2, 0.25) is 0 Å². The first-order chi connectivity index (χ1) is 8.81. The van der Waals surface area contributed by atoms with Gasteiger partial charge < -0.3 is 9.84 Å². The quantitative estimate of drug-likeness (QED) is 0.811. The number of aliphatic hydroxyl groups is 1. The lowest BCUT2D eigenvalue weighted by molar-refractivity contribution is 0.0932. The minimum atomic E-state index is -0.388. The van der Waals surface area contributed by atoms with Gasteiger partial charge in [-0.05, 0) is 44.6 Å². The highest BCUT2D eigenvalue weighted by Crippen LogP contribution is 2.23. The summed E-state index contributed by atoms with van der Waals surface area (Å²) in [4.78, 5) is 0. The molecular formula is C14H24N2O2. The van der Waals surface area contributed by atoms with Crippen molar-refractivity contribution < 1.29 is 9.84 Å². The van der Waals surface area contributed by atoms with Gasteiger partial charge in [0.15, 0.2) is 0 Å². The molecule has 102 valence electrons. The Kier molecular flexibility index (Phi) is 5.20. The number of nitrogens with zero attached hydrogens (tertiary/aromatic N) is 2. The van der Waals surface area contributed by atoms with Gasteiger partial charge in [-0.25, -0.2) is 0 Å². The van der Waals surface area contributed by atoms with Gasteiger partial charge in [0.25, 0.3) is 0 Å². The summed E-state index contributed by atoms with van der Waals surface area (Å²) in [6.07, 6.45) is 8.11. The van der Waals surface area contributed by atoms with E-state index in [0.29, 0.717) is 6.10 Å². The normalized spacial score (nSPS) is 21.3. The van der Waals surface area contributed by atoms with Gasteiger partial charge in [-0.1, -0.05) is 6.92 Å². The maximum Gasteiger partial charge on any atom is 0.0956 e. The minimum Gasteiger partial charge on any atom is -0.387 e. The van der Waals surface area contributed by atoms with E-state index in [2.05, 4.69) is 12.0 Å². The van der Waals surface area contributed by atoms with Crippen molar-refractivity contribution in [3.8, 4) is 0 Å². The fourth-order valence-electron chi connectivity index (χ4n) is 2.58. The Morgan fingerprint density at radius 1 is 1.61 bits per heavy atom. The second-order valence-electron chi connectivity index (χ2n) is 5.06. The van der Waals surface area contributed by atoms with E-state index < -0.39 is 0 Å². The number of rotatable bonds is 7. The topological polar surface area (TPSA) is 47.3 Å². The van der Waals surface area contributed by atoms with Gasteiger partial charge in [0.2, 0.25) is 0 Å². The molecule has 18 heavy (non-hydrogen) atoms. The second kappa shape index (κ2) is 6.90. The fraction of sp³-hybridized carbons (Fsp3) is 0.786. The highest BCUT2D eigenvalue weighted by Gasteiger charge is 2.17. The Hall–Kier alpha value is -0.870. The molecule has 1 aromatic rings. The molecule has 0 aromatic carbocycles. The molecule has 1 aliphatic rings. The van der Waals surface area contributed by atoms with Crippen LogP contribution in [-0.4, -0.2) is 27.6 Å². The van der Waals surface area contributed by atoms with Crippen LogP contribution in [0.1, 0.15) is 57.2 Å². The van der Waals surface area contributed by atoms with Crippen molar-refractivity contribution in [3.63, 3.8) is 0 Å². The molecule has 0 amide bonds. The molecule has 2 atom stereocenters. The number of aliphatic hydroxyl groups excluding tert-OH is 1. The predicted octanol–water partition coefficient (Wildman–Crippen LogP) is 2.68. The van der Waals surface area contributed by atoms with Crippen molar-refractivity contribution in [2.75, 3.05) is 6.61 Å². The number of ether oxygens (including phenoxy) is 1. The van der Waals surface area contributed by atoms with Crippen molar-refractivity contribution in [1.82, 2.24) is 9.78 Å². The summed E-state index contributed by atoms with van der Waals surface area (Å²) in [5, 5.41) is 14.4. The highest BCUT2D eigenvalue weighted by molar-refractivity contribution is 5.04. The Labute approximate surface area is 109 Å². The smallest absolute Gasteiger partial charge is 0.0956 e. The van der Waals surface area contributed by atoms with E-state index in [-0.39, 0.29) is 6.10 Å². The van der Waals surface area contributed by atoms with Gasteiger partial charge in [-0.15, -0.1) is 0 Å². The van der Waals surface area contributed by atoms with E-state index in [4.69, 9.17) is 4.74 Å². The Balaban J connectivity index is 1.75. The summed E-state index contributed by atoms with van der Waals surface area (Å²) in [6.45, 7) is 3.91. The van der Waals surface area contributed by atoms with Gasteiger partial charge >= 0.3 is 0 Å². The summed E-state index contributed by atoms with van der Waals surface area (Å²) >= 11 is 0. The first kappa shape index (κ1) is 13.6. The molecular weight excluding hydrogens is 228 g/mol. The third-order valence-corrected chi connectivity index (χ3v) is 3.55. The van der Waals surface area contributed by atoms with E-state index in [0.717, 1.165) is 44.5 Å². The van der Waals surface area contributed by atoms with Crippen molar-refractivity contribution >= 4 is 0 Å². The molecule has 2 rings (SSSR count). The first-order valence-electron chi connectivity index (χ1n) is 7.12. The summed E-state index contributed by atoms with van der Waals surface area (Å²) in [5.74, 6) is 0. The third kappa shape index (κ3) is 3.56. The molecule has 1 fully saturated rings. The van der Waals surface area contributed by atoms with Gasteiger partial charge in [0.1, 0.15) is 0 Å². The Morgan fingerprint density at radius 2 is 2.50 bits per heavy atom.